The molecule has 0 bridgehead atoms. The van der Waals surface area contributed by atoms with Crippen molar-refractivity contribution >= 4 is 28.6 Å². The molecular weight excluding hydrogens is 370 g/mol. The van der Waals surface area contributed by atoms with Crippen molar-refractivity contribution in [1.29, 1.82) is 0 Å². The zero-order valence-electron chi connectivity index (χ0n) is 17.4. The number of nitrogens with zero attached hydrogens (tertiary/aromatic N) is 3. The summed E-state index contributed by atoms with van der Waals surface area (Å²) in [5.74, 6) is 0.147. The molecule has 0 aliphatic carbocycles. The molecule has 1 amide bonds. The fourth-order valence-corrected chi connectivity index (χ4v) is 5.02. The molecule has 6 heteroatoms. The summed E-state index contributed by atoms with van der Waals surface area (Å²) in [5.41, 5.74) is 0.683. The van der Waals surface area contributed by atoms with E-state index in [1.807, 2.05) is 36.1 Å². The van der Waals surface area contributed by atoms with Gasteiger partial charge in [-0.15, -0.1) is 0 Å². The summed E-state index contributed by atoms with van der Waals surface area (Å²) >= 11 is 1.42. The molecule has 1 aromatic heterocycles. The third kappa shape index (κ3) is 4.27. The van der Waals surface area contributed by atoms with Crippen molar-refractivity contribution < 1.29 is 4.79 Å². The Labute approximate surface area is 171 Å². The predicted octanol–water partition coefficient (Wildman–Crippen LogP) is 4.47. The van der Waals surface area contributed by atoms with Gasteiger partial charge in [0.25, 0.3) is 5.56 Å². The Morgan fingerprint density at radius 1 is 1.25 bits per heavy atom. The second kappa shape index (κ2) is 9.12. The molecule has 1 aliphatic rings. The number of carbonyl (C=O) groups is 1. The molecule has 152 valence electrons. The zero-order valence-corrected chi connectivity index (χ0v) is 18.2. The molecule has 28 heavy (non-hydrogen) atoms. The summed E-state index contributed by atoms with van der Waals surface area (Å²) in [5, 5.41) is 1.01. The largest absolute Gasteiger partial charge is 0.336 e. The Bertz CT molecular complexity index is 885. The molecule has 3 rings (SSSR count). The van der Waals surface area contributed by atoms with Crippen LogP contribution >= 0.6 is 11.8 Å². The van der Waals surface area contributed by atoms with Crippen molar-refractivity contribution in [1.82, 2.24) is 14.5 Å². The van der Waals surface area contributed by atoms with Gasteiger partial charge in [-0.3, -0.25) is 14.2 Å². The van der Waals surface area contributed by atoms with Crippen molar-refractivity contribution in [2.24, 2.45) is 0 Å². The number of hydrogen-bond donors (Lipinski definition) is 0. The topological polar surface area (TPSA) is 55.2 Å². The van der Waals surface area contributed by atoms with Gasteiger partial charge in [-0.05, 0) is 58.6 Å². The van der Waals surface area contributed by atoms with Gasteiger partial charge in [-0.2, -0.15) is 0 Å². The van der Waals surface area contributed by atoms with E-state index < -0.39 is 0 Å². The molecule has 0 saturated carbocycles. The fraction of sp³-hybridized carbons (Fsp3) is 0.591. The predicted molar refractivity (Wildman–Crippen MR) is 116 cm³/mol. The minimum atomic E-state index is -0.274. The normalized spacial score (nSPS) is 21.1. The molecule has 0 unspecified atom stereocenters. The van der Waals surface area contributed by atoms with Crippen LogP contribution in [0, 0.1) is 0 Å². The minimum Gasteiger partial charge on any atom is -0.336 e. The van der Waals surface area contributed by atoms with Gasteiger partial charge < -0.3 is 4.90 Å². The lowest BCUT2D eigenvalue weighted by Crippen LogP contribution is -2.50. The van der Waals surface area contributed by atoms with Crippen LogP contribution in [-0.2, 0) is 11.3 Å². The third-order valence-corrected chi connectivity index (χ3v) is 6.72. The standard InChI is InChI=1S/C22H31N3O2S/c1-5-6-14-24-21(27)18-12-7-8-13-19(18)23-22(24)28-17(4)20(26)25-15(2)10-9-11-16(25)3/h7-8,12-13,15-17H,5-6,9-11,14H2,1-4H3/t15-,16+,17-/m0/s1. The first-order valence-corrected chi connectivity index (χ1v) is 11.3. The maximum absolute atomic E-state index is 13.2. The lowest BCUT2D eigenvalue weighted by atomic mass is 9.97. The Hall–Kier alpha value is -1.82. The molecule has 1 saturated heterocycles. The van der Waals surface area contributed by atoms with E-state index in [9.17, 15) is 9.59 Å². The number of fused-ring (bicyclic) bond motifs is 1. The zero-order chi connectivity index (χ0) is 20.3. The minimum absolute atomic E-state index is 0.0130. The van der Waals surface area contributed by atoms with Gasteiger partial charge >= 0.3 is 0 Å². The highest BCUT2D eigenvalue weighted by molar-refractivity contribution is 8.00. The highest BCUT2D eigenvalue weighted by Crippen LogP contribution is 2.29. The fourth-order valence-electron chi connectivity index (χ4n) is 4.03. The molecule has 0 N–H and O–H groups in total. The van der Waals surface area contributed by atoms with Crippen LogP contribution in [0.5, 0.6) is 0 Å². The van der Waals surface area contributed by atoms with Gasteiger partial charge in [-0.25, -0.2) is 4.98 Å². The number of likely N-dealkylation sites (tertiary alicyclic amines) is 1. The SMILES string of the molecule is CCCCn1c(S[C@@H](C)C(=O)N2[C@H](C)CCC[C@@H]2C)nc2ccccc2c1=O. The van der Waals surface area contributed by atoms with Crippen LogP contribution in [0.2, 0.25) is 0 Å². The third-order valence-electron chi connectivity index (χ3n) is 5.64. The molecule has 0 radical (unpaired) electrons. The van der Waals surface area contributed by atoms with E-state index in [0.717, 1.165) is 25.7 Å². The van der Waals surface area contributed by atoms with Crippen molar-refractivity contribution in [2.45, 2.75) is 88.8 Å². The van der Waals surface area contributed by atoms with Gasteiger partial charge in [0, 0.05) is 18.6 Å². The number of carbonyl (C=O) groups excluding carboxylic acids is 1. The Morgan fingerprint density at radius 2 is 1.93 bits per heavy atom. The van der Waals surface area contributed by atoms with Crippen molar-refractivity contribution in [3.05, 3.63) is 34.6 Å². The van der Waals surface area contributed by atoms with Crippen LogP contribution in [0.4, 0.5) is 0 Å². The van der Waals surface area contributed by atoms with Crippen molar-refractivity contribution in [2.75, 3.05) is 0 Å². The van der Waals surface area contributed by atoms with Crippen LogP contribution in [0.15, 0.2) is 34.2 Å². The number of aromatic nitrogens is 2. The number of thioether (sulfide) groups is 1. The van der Waals surface area contributed by atoms with Gasteiger partial charge in [-0.1, -0.05) is 37.2 Å². The first-order chi connectivity index (χ1) is 13.4. The quantitative estimate of drug-likeness (QED) is 0.529. The highest BCUT2D eigenvalue weighted by Gasteiger charge is 2.32. The van der Waals surface area contributed by atoms with Gasteiger partial charge in [0.05, 0.1) is 16.2 Å². The van der Waals surface area contributed by atoms with Crippen LogP contribution < -0.4 is 5.56 Å². The summed E-state index contributed by atoms with van der Waals surface area (Å²) < 4.78 is 1.75. The van der Waals surface area contributed by atoms with Crippen molar-refractivity contribution in [3.63, 3.8) is 0 Å². The number of amides is 1. The number of unbranched alkanes of at least 4 members (excludes halogenated alkanes) is 1. The van der Waals surface area contributed by atoms with Gasteiger partial charge in [0.1, 0.15) is 0 Å². The molecule has 2 heterocycles. The molecule has 1 aliphatic heterocycles. The van der Waals surface area contributed by atoms with E-state index in [0.29, 0.717) is 22.6 Å². The van der Waals surface area contributed by atoms with E-state index in [2.05, 4.69) is 20.8 Å². The first-order valence-electron chi connectivity index (χ1n) is 10.4. The molecule has 0 spiro atoms. The summed E-state index contributed by atoms with van der Waals surface area (Å²) in [7, 11) is 0. The number of para-hydroxylation sites is 1. The summed E-state index contributed by atoms with van der Waals surface area (Å²) in [4.78, 5) is 33.0. The Morgan fingerprint density at radius 3 is 2.61 bits per heavy atom. The Balaban J connectivity index is 1.91. The highest BCUT2D eigenvalue weighted by atomic mass is 32.2. The monoisotopic (exact) mass is 401 g/mol. The van der Waals surface area contributed by atoms with Crippen LogP contribution in [-0.4, -0.2) is 37.7 Å². The summed E-state index contributed by atoms with van der Waals surface area (Å²) in [6, 6.07) is 8.00. The summed E-state index contributed by atoms with van der Waals surface area (Å²) in [6.07, 6.45) is 5.21. The summed E-state index contributed by atoms with van der Waals surface area (Å²) in [6.45, 7) is 8.95. The van der Waals surface area contributed by atoms with Crippen molar-refractivity contribution in [3.8, 4) is 0 Å². The van der Waals surface area contributed by atoms with E-state index in [1.54, 1.807) is 4.57 Å². The molecule has 1 fully saturated rings. The lowest BCUT2D eigenvalue weighted by molar-refractivity contribution is -0.136. The van der Waals surface area contributed by atoms with Crippen LogP contribution in [0.3, 0.4) is 0 Å². The van der Waals surface area contributed by atoms with E-state index in [4.69, 9.17) is 4.98 Å². The van der Waals surface area contributed by atoms with Gasteiger partial charge in [0.15, 0.2) is 5.16 Å². The molecular formula is C22H31N3O2S. The van der Waals surface area contributed by atoms with Gasteiger partial charge in [0.2, 0.25) is 5.91 Å². The van der Waals surface area contributed by atoms with E-state index in [1.165, 1.54) is 18.2 Å². The maximum Gasteiger partial charge on any atom is 0.262 e. The van der Waals surface area contributed by atoms with Crippen LogP contribution in [0.25, 0.3) is 10.9 Å². The molecule has 1 aromatic carbocycles. The smallest absolute Gasteiger partial charge is 0.262 e. The molecule has 2 aromatic rings. The Kier molecular flexibility index (Phi) is 6.81. The van der Waals surface area contributed by atoms with Crippen LogP contribution in [0.1, 0.15) is 59.8 Å². The average molecular weight is 402 g/mol. The first kappa shape index (κ1) is 20.9. The van der Waals surface area contributed by atoms with E-state index >= 15 is 0 Å². The molecule has 5 nitrogen and oxygen atoms in total. The number of rotatable bonds is 6. The number of hydrogen-bond acceptors (Lipinski definition) is 4. The number of benzene rings is 1. The van der Waals surface area contributed by atoms with E-state index in [-0.39, 0.29) is 28.8 Å². The maximum atomic E-state index is 13.2. The lowest BCUT2D eigenvalue weighted by Gasteiger charge is -2.40. The molecule has 3 atom stereocenters. The number of piperidine rings is 1. The second-order valence-corrected chi connectivity index (χ2v) is 9.16. The average Bonchev–Trinajstić information content (AvgIpc) is 2.67. The second-order valence-electron chi connectivity index (χ2n) is 7.86.